The quantitative estimate of drug-likeness (QED) is 0.545. The van der Waals surface area contributed by atoms with Gasteiger partial charge in [-0.25, -0.2) is 22.9 Å². The monoisotopic (exact) mass is 473 g/mol. The third-order valence-electron chi connectivity index (χ3n) is 5.64. The highest BCUT2D eigenvalue weighted by Gasteiger charge is 2.36. The molecule has 34 heavy (non-hydrogen) atoms. The van der Waals surface area contributed by atoms with Crippen LogP contribution in [0.3, 0.4) is 0 Å². The minimum absolute atomic E-state index is 0.00506. The number of cyclic esters (lactones) is 1. The topological polar surface area (TPSA) is 101 Å². The Kier molecular flexibility index (Phi) is 5.56. The molecule has 5 rings (SSSR count). The first-order valence-corrected chi connectivity index (χ1v) is 10.5. The number of anilines is 3. The zero-order chi connectivity index (χ0) is 23.8. The van der Waals surface area contributed by atoms with Crippen LogP contribution in [-0.2, 0) is 9.53 Å². The summed E-state index contributed by atoms with van der Waals surface area (Å²) in [5.41, 5.74) is -1.20. The summed E-state index contributed by atoms with van der Waals surface area (Å²) in [6.07, 6.45) is 2.01. The molecule has 12 heteroatoms. The Morgan fingerprint density at radius 3 is 2.65 bits per heavy atom. The van der Waals surface area contributed by atoms with Gasteiger partial charge in [0.25, 0.3) is 0 Å². The molecule has 176 valence electrons. The molecule has 9 nitrogen and oxygen atoms in total. The predicted octanol–water partition coefficient (Wildman–Crippen LogP) is 3.72. The van der Waals surface area contributed by atoms with Crippen LogP contribution in [0.25, 0.3) is 11.1 Å². The smallest absolute Gasteiger partial charge is 0.414 e. The molecule has 2 aliphatic heterocycles. The average molecular weight is 473 g/mol. The van der Waals surface area contributed by atoms with Crippen LogP contribution in [0.4, 0.5) is 35.3 Å². The Morgan fingerprint density at radius 2 is 1.97 bits per heavy atom. The summed E-state index contributed by atoms with van der Waals surface area (Å²) in [4.78, 5) is 30.5. The molecule has 0 radical (unpaired) electrons. The van der Waals surface area contributed by atoms with Crippen molar-refractivity contribution < 1.29 is 32.0 Å². The van der Waals surface area contributed by atoms with Crippen LogP contribution >= 0.6 is 0 Å². The summed E-state index contributed by atoms with van der Waals surface area (Å²) in [5.74, 6) is -3.24. The van der Waals surface area contributed by atoms with E-state index in [1.54, 1.807) is 6.07 Å². The lowest BCUT2D eigenvalue weighted by molar-refractivity contribution is -0.117. The normalized spacial score (nSPS) is 18.0. The number of rotatable bonds is 6. The number of nitrogens with zero attached hydrogens (tertiary/aromatic N) is 4. The Bertz CT molecular complexity index is 1240. The second-order valence-corrected chi connectivity index (χ2v) is 7.82. The molecule has 2 saturated heterocycles. The van der Waals surface area contributed by atoms with E-state index in [-0.39, 0.29) is 24.6 Å². The van der Waals surface area contributed by atoms with Crippen molar-refractivity contribution in [1.29, 1.82) is 0 Å². The Balaban J connectivity index is 1.37. The third-order valence-corrected chi connectivity index (χ3v) is 5.64. The van der Waals surface area contributed by atoms with Crippen molar-refractivity contribution in [2.45, 2.75) is 18.9 Å². The van der Waals surface area contributed by atoms with Crippen molar-refractivity contribution in [3.05, 3.63) is 54.2 Å². The van der Waals surface area contributed by atoms with Crippen LogP contribution < -0.4 is 15.1 Å². The van der Waals surface area contributed by atoms with Crippen molar-refractivity contribution >= 4 is 29.3 Å². The summed E-state index contributed by atoms with van der Waals surface area (Å²) >= 11 is 0. The number of carbonyl (C=O) groups is 2. The van der Waals surface area contributed by atoms with Crippen LogP contribution in [0, 0.1) is 17.5 Å². The number of hydrogen-bond donors (Lipinski definition) is 1. The largest absolute Gasteiger partial charge is 0.442 e. The number of pyridine rings is 1. The van der Waals surface area contributed by atoms with Gasteiger partial charge < -0.3 is 14.6 Å². The number of hydrogen-bond acceptors (Lipinski definition) is 7. The summed E-state index contributed by atoms with van der Waals surface area (Å²) in [6, 6.07) is 5.13. The van der Waals surface area contributed by atoms with Gasteiger partial charge in [0.1, 0.15) is 24.0 Å². The highest BCUT2D eigenvalue weighted by atomic mass is 19.2. The molecular weight excluding hydrogens is 455 g/mol. The SMILES string of the molecule is O=C1CCCN1c1ccc(-c2c(F)cc(N3C[C@H](CNc4ccon4)OC3=O)c(F)c2F)cn1. The van der Waals surface area contributed by atoms with E-state index in [9.17, 15) is 22.8 Å². The molecule has 0 bridgehead atoms. The standard InChI is InChI=1S/C22H18F3N5O4/c23-14-8-15(30-11-13(34-22(30)32)10-26-16-5-7-33-28-16)20(24)21(25)19(14)12-3-4-17(27-9-12)29-6-1-2-18(29)31/h3-5,7-9,13H,1-2,6,10-11H2,(H,26,28)/t13-/m0/s1. The van der Waals surface area contributed by atoms with Gasteiger partial charge in [-0.15, -0.1) is 0 Å². The average Bonchev–Trinajstić information content (AvgIpc) is 3.57. The lowest BCUT2D eigenvalue weighted by atomic mass is 10.0. The summed E-state index contributed by atoms with van der Waals surface area (Å²) < 4.78 is 54.7. The molecule has 0 aliphatic carbocycles. The van der Waals surface area contributed by atoms with Crippen molar-refractivity contribution in [1.82, 2.24) is 10.1 Å². The maximum Gasteiger partial charge on any atom is 0.414 e. The lowest BCUT2D eigenvalue weighted by Crippen LogP contribution is -2.28. The van der Waals surface area contributed by atoms with Gasteiger partial charge in [-0.05, 0) is 18.6 Å². The van der Waals surface area contributed by atoms with Gasteiger partial charge >= 0.3 is 6.09 Å². The van der Waals surface area contributed by atoms with E-state index in [1.807, 2.05) is 0 Å². The van der Waals surface area contributed by atoms with E-state index in [1.165, 1.54) is 29.5 Å². The van der Waals surface area contributed by atoms with Crippen LogP contribution in [0.5, 0.6) is 0 Å². The number of benzene rings is 1. The van der Waals surface area contributed by atoms with Gasteiger partial charge in [-0.1, -0.05) is 5.16 Å². The first-order chi connectivity index (χ1) is 16.4. The first-order valence-electron chi connectivity index (χ1n) is 10.5. The van der Waals surface area contributed by atoms with E-state index < -0.39 is 40.9 Å². The van der Waals surface area contributed by atoms with Gasteiger partial charge in [-0.3, -0.25) is 14.6 Å². The minimum Gasteiger partial charge on any atom is -0.442 e. The Morgan fingerprint density at radius 1 is 1.12 bits per heavy atom. The highest BCUT2D eigenvalue weighted by molar-refractivity contribution is 5.94. The Hall–Kier alpha value is -4.09. The van der Waals surface area contributed by atoms with Crippen LogP contribution in [0.1, 0.15) is 12.8 Å². The molecule has 2 aromatic heterocycles. The fraction of sp³-hybridized carbons (Fsp3) is 0.273. The molecular formula is C22H18F3N5O4. The van der Waals surface area contributed by atoms with Gasteiger partial charge in [0, 0.05) is 36.9 Å². The number of halogens is 3. The molecule has 1 N–H and O–H groups in total. The molecule has 1 aromatic carbocycles. The molecule has 0 spiro atoms. The van der Waals surface area contributed by atoms with Crippen molar-refractivity contribution in [3.8, 4) is 11.1 Å². The number of aromatic nitrogens is 2. The molecule has 4 heterocycles. The number of carbonyl (C=O) groups excluding carboxylic acids is 2. The van der Waals surface area contributed by atoms with Crippen LogP contribution in [0.2, 0.25) is 0 Å². The predicted molar refractivity (Wildman–Crippen MR) is 114 cm³/mol. The highest BCUT2D eigenvalue weighted by Crippen LogP contribution is 2.35. The molecule has 0 saturated carbocycles. The maximum absolute atomic E-state index is 15.0. The van der Waals surface area contributed by atoms with E-state index in [0.29, 0.717) is 31.0 Å². The summed E-state index contributed by atoms with van der Waals surface area (Å²) in [7, 11) is 0. The van der Waals surface area contributed by atoms with Crippen molar-refractivity contribution in [2.24, 2.45) is 0 Å². The van der Waals surface area contributed by atoms with E-state index in [2.05, 4.69) is 20.0 Å². The lowest BCUT2D eigenvalue weighted by Gasteiger charge is -2.17. The zero-order valence-corrected chi connectivity index (χ0v) is 17.6. The van der Waals surface area contributed by atoms with E-state index in [0.717, 1.165) is 11.0 Å². The molecule has 1 atom stereocenters. The molecule has 0 unspecified atom stereocenters. The Labute approximate surface area is 191 Å². The number of nitrogens with one attached hydrogen (secondary N) is 1. The summed E-state index contributed by atoms with van der Waals surface area (Å²) in [6.45, 7) is 0.522. The minimum atomic E-state index is -1.46. The third kappa shape index (κ3) is 3.91. The van der Waals surface area contributed by atoms with Gasteiger partial charge in [0.15, 0.2) is 17.5 Å². The molecule has 2 aliphatic rings. The fourth-order valence-electron chi connectivity index (χ4n) is 3.97. The fourth-order valence-corrected chi connectivity index (χ4v) is 3.97. The van der Waals surface area contributed by atoms with Crippen molar-refractivity contribution in [3.63, 3.8) is 0 Å². The number of amides is 2. The molecule has 3 aromatic rings. The van der Waals surface area contributed by atoms with Gasteiger partial charge in [0.05, 0.1) is 24.3 Å². The molecule has 2 amide bonds. The van der Waals surface area contributed by atoms with Gasteiger partial charge in [0.2, 0.25) is 5.91 Å². The van der Waals surface area contributed by atoms with Crippen LogP contribution in [-0.4, -0.2) is 47.9 Å². The zero-order valence-electron chi connectivity index (χ0n) is 17.6. The molecule has 2 fully saturated rings. The maximum atomic E-state index is 15.0. The van der Waals surface area contributed by atoms with E-state index in [4.69, 9.17) is 4.74 Å². The second-order valence-electron chi connectivity index (χ2n) is 7.82. The first kappa shape index (κ1) is 21.7. The summed E-state index contributed by atoms with van der Waals surface area (Å²) in [5, 5.41) is 6.53. The second kappa shape index (κ2) is 8.69. The van der Waals surface area contributed by atoms with E-state index >= 15 is 0 Å². The number of ether oxygens (including phenoxy) is 1. The van der Waals surface area contributed by atoms with Gasteiger partial charge in [-0.2, -0.15) is 0 Å². The van der Waals surface area contributed by atoms with Crippen molar-refractivity contribution in [2.75, 3.05) is 34.8 Å². The van der Waals surface area contributed by atoms with Crippen LogP contribution in [0.15, 0.2) is 41.2 Å².